The SMILES string of the molecule is CCC(C)CN(C)c1cc(C)ncc1CNC(C)(C)C. The third-order valence-corrected chi connectivity index (χ3v) is 3.60. The van der Waals surface area contributed by atoms with Crippen LogP contribution in [0, 0.1) is 12.8 Å². The van der Waals surface area contributed by atoms with E-state index in [1.54, 1.807) is 0 Å². The monoisotopic (exact) mass is 277 g/mol. The fourth-order valence-corrected chi connectivity index (χ4v) is 2.12. The maximum absolute atomic E-state index is 4.46. The number of nitrogens with one attached hydrogen (secondary N) is 1. The minimum absolute atomic E-state index is 0.122. The largest absolute Gasteiger partial charge is 0.374 e. The van der Waals surface area contributed by atoms with Gasteiger partial charge in [-0.25, -0.2) is 0 Å². The number of hydrogen-bond donors (Lipinski definition) is 1. The van der Waals surface area contributed by atoms with Gasteiger partial charge in [0, 0.05) is 48.8 Å². The zero-order valence-corrected chi connectivity index (χ0v) is 14.2. The Morgan fingerprint density at radius 2 is 2.00 bits per heavy atom. The van der Waals surface area contributed by atoms with Crippen molar-refractivity contribution in [3.63, 3.8) is 0 Å². The molecule has 1 heterocycles. The predicted molar refractivity (Wildman–Crippen MR) is 88.3 cm³/mol. The lowest BCUT2D eigenvalue weighted by molar-refractivity contribution is 0.424. The Bertz CT molecular complexity index is 421. The van der Waals surface area contributed by atoms with Gasteiger partial charge in [-0.1, -0.05) is 20.3 Å². The highest BCUT2D eigenvalue weighted by molar-refractivity contribution is 5.53. The number of pyridine rings is 1. The van der Waals surface area contributed by atoms with E-state index in [0.29, 0.717) is 5.92 Å². The van der Waals surface area contributed by atoms with E-state index in [0.717, 1.165) is 18.8 Å². The molecule has 0 aliphatic heterocycles. The Kier molecular flexibility index (Phi) is 6.00. The van der Waals surface area contributed by atoms with Gasteiger partial charge in [0.05, 0.1) is 0 Å². The van der Waals surface area contributed by atoms with Crippen molar-refractivity contribution in [2.45, 2.75) is 60.0 Å². The van der Waals surface area contributed by atoms with Crippen LogP contribution in [-0.4, -0.2) is 24.1 Å². The molecule has 20 heavy (non-hydrogen) atoms. The summed E-state index contributed by atoms with van der Waals surface area (Å²) in [6.45, 7) is 15.1. The molecule has 0 radical (unpaired) electrons. The number of aromatic nitrogens is 1. The van der Waals surface area contributed by atoms with Crippen molar-refractivity contribution in [1.29, 1.82) is 0 Å². The maximum atomic E-state index is 4.46. The van der Waals surface area contributed by atoms with Gasteiger partial charge in [-0.05, 0) is 39.7 Å². The lowest BCUT2D eigenvalue weighted by Crippen LogP contribution is -2.36. The van der Waals surface area contributed by atoms with Crippen LogP contribution in [0.3, 0.4) is 0 Å². The van der Waals surface area contributed by atoms with Crippen LogP contribution in [0.25, 0.3) is 0 Å². The van der Waals surface area contributed by atoms with Gasteiger partial charge in [0.2, 0.25) is 0 Å². The molecule has 1 atom stereocenters. The van der Waals surface area contributed by atoms with Crippen molar-refractivity contribution in [2.75, 3.05) is 18.5 Å². The van der Waals surface area contributed by atoms with Crippen LogP contribution in [0.4, 0.5) is 5.69 Å². The normalized spacial score (nSPS) is 13.3. The predicted octanol–water partition coefficient (Wildman–Crippen LogP) is 3.76. The Labute approximate surface area is 124 Å². The molecule has 1 N–H and O–H groups in total. The number of hydrogen-bond acceptors (Lipinski definition) is 3. The van der Waals surface area contributed by atoms with E-state index < -0.39 is 0 Å². The minimum Gasteiger partial charge on any atom is -0.374 e. The number of aryl methyl sites for hydroxylation is 1. The number of nitrogens with zero attached hydrogens (tertiary/aromatic N) is 2. The second-order valence-electron chi connectivity index (χ2n) is 6.95. The first-order chi connectivity index (χ1) is 9.23. The molecule has 0 saturated heterocycles. The van der Waals surface area contributed by atoms with Gasteiger partial charge in [-0.15, -0.1) is 0 Å². The van der Waals surface area contributed by atoms with E-state index in [1.165, 1.54) is 17.7 Å². The molecule has 0 spiro atoms. The third kappa shape index (κ3) is 5.49. The summed E-state index contributed by atoms with van der Waals surface area (Å²) in [4.78, 5) is 6.82. The maximum Gasteiger partial charge on any atom is 0.0443 e. The lowest BCUT2D eigenvalue weighted by atomic mass is 10.1. The summed E-state index contributed by atoms with van der Waals surface area (Å²) in [6.07, 6.45) is 3.22. The summed E-state index contributed by atoms with van der Waals surface area (Å²) in [6, 6.07) is 2.20. The fraction of sp³-hybridized carbons (Fsp3) is 0.706. The van der Waals surface area contributed by atoms with Gasteiger partial charge in [0.15, 0.2) is 0 Å². The number of anilines is 1. The summed E-state index contributed by atoms with van der Waals surface area (Å²) in [5.74, 6) is 0.705. The van der Waals surface area contributed by atoms with Crippen LogP contribution in [0.5, 0.6) is 0 Å². The zero-order valence-electron chi connectivity index (χ0n) is 14.2. The smallest absolute Gasteiger partial charge is 0.0443 e. The van der Waals surface area contributed by atoms with Crippen molar-refractivity contribution in [1.82, 2.24) is 10.3 Å². The van der Waals surface area contributed by atoms with Gasteiger partial charge in [0.25, 0.3) is 0 Å². The standard InChI is InChI=1S/C17H31N3/c1-8-13(2)12-20(7)16-9-14(3)18-10-15(16)11-19-17(4,5)6/h9-10,13,19H,8,11-12H2,1-7H3. The van der Waals surface area contributed by atoms with Crippen molar-refractivity contribution in [2.24, 2.45) is 5.92 Å². The molecule has 1 aromatic rings. The molecule has 114 valence electrons. The van der Waals surface area contributed by atoms with Gasteiger partial charge in [-0.2, -0.15) is 0 Å². The molecule has 0 aromatic carbocycles. The molecule has 1 aromatic heterocycles. The van der Waals surface area contributed by atoms with Gasteiger partial charge < -0.3 is 10.2 Å². The van der Waals surface area contributed by atoms with Crippen LogP contribution in [-0.2, 0) is 6.54 Å². The summed E-state index contributed by atoms with van der Waals surface area (Å²) in [5, 5.41) is 3.55. The van der Waals surface area contributed by atoms with Gasteiger partial charge >= 0.3 is 0 Å². The highest BCUT2D eigenvalue weighted by Gasteiger charge is 2.14. The third-order valence-electron chi connectivity index (χ3n) is 3.60. The lowest BCUT2D eigenvalue weighted by Gasteiger charge is -2.27. The highest BCUT2D eigenvalue weighted by atomic mass is 15.1. The first-order valence-electron chi connectivity index (χ1n) is 7.64. The summed E-state index contributed by atoms with van der Waals surface area (Å²) >= 11 is 0. The summed E-state index contributed by atoms with van der Waals surface area (Å²) < 4.78 is 0. The Hall–Kier alpha value is -1.09. The highest BCUT2D eigenvalue weighted by Crippen LogP contribution is 2.22. The Balaban J connectivity index is 2.89. The molecule has 3 nitrogen and oxygen atoms in total. The van der Waals surface area contributed by atoms with E-state index in [4.69, 9.17) is 0 Å². The summed E-state index contributed by atoms with van der Waals surface area (Å²) in [5.41, 5.74) is 3.78. The van der Waals surface area contributed by atoms with Gasteiger partial charge in [-0.3, -0.25) is 4.98 Å². The Morgan fingerprint density at radius 3 is 2.55 bits per heavy atom. The second-order valence-corrected chi connectivity index (χ2v) is 6.95. The average molecular weight is 277 g/mol. The molecule has 3 heteroatoms. The topological polar surface area (TPSA) is 28.2 Å². The van der Waals surface area contributed by atoms with Crippen LogP contribution in [0.15, 0.2) is 12.3 Å². The number of rotatable bonds is 6. The fourth-order valence-electron chi connectivity index (χ4n) is 2.12. The van der Waals surface area contributed by atoms with E-state index in [1.807, 2.05) is 6.20 Å². The first kappa shape index (κ1) is 17.0. The molecule has 1 unspecified atom stereocenters. The molecule has 1 rings (SSSR count). The van der Waals surface area contributed by atoms with E-state index in [2.05, 4.69) is 69.9 Å². The molecule has 0 bridgehead atoms. The summed E-state index contributed by atoms with van der Waals surface area (Å²) in [7, 11) is 2.18. The van der Waals surface area contributed by atoms with Crippen LogP contribution in [0.2, 0.25) is 0 Å². The van der Waals surface area contributed by atoms with Crippen molar-refractivity contribution >= 4 is 5.69 Å². The molecular formula is C17H31N3. The van der Waals surface area contributed by atoms with Gasteiger partial charge in [0.1, 0.15) is 0 Å². The first-order valence-corrected chi connectivity index (χ1v) is 7.64. The molecular weight excluding hydrogens is 246 g/mol. The minimum atomic E-state index is 0.122. The molecule has 0 fully saturated rings. The van der Waals surface area contributed by atoms with Crippen molar-refractivity contribution in [3.8, 4) is 0 Å². The van der Waals surface area contributed by atoms with E-state index in [9.17, 15) is 0 Å². The van der Waals surface area contributed by atoms with Crippen molar-refractivity contribution < 1.29 is 0 Å². The van der Waals surface area contributed by atoms with Crippen LogP contribution < -0.4 is 10.2 Å². The molecule has 0 aliphatic rings. The molecule has 0 amide bonds. The second kappa shape index (κ2) is 7.07. The molecule has 0 aliphatic carbocycles. The Morgan fingerprint density at radius 1 is 1.35 bits per heavy atom. The van der Waals surface area contributed by atoms with Crippen molar-refractivity contribution in [3.05, 3.63) is 23.5 Å². The quantitative estimate of drug-likeness (QED) is 0.858. The molecule has 0 saturated carbocycles. The average Bonchev–Trinajstić information content (AvgIpc) is 2.35. The van der Waals surface area contributed by atoms with E-state index >= 15 is 0 Å². The van der Waals surface area contributed by atoms with Crippen LogP contribution in [0.1, 0.15) is 52.3 Å². The van der Waals surface area contributed by atoms with E-state index in [-0.39, 0.29) is 5.54 Å². The zero-order chi connectivity index (χ0) is 15.3. The van der Waals surface area contributed by atoms with Crippen LogP contribution >= 0.6 is 0 Å².